The Morgan fingerprint density at radius 2 is 1.74 bits per heavy atom. The van der Waals surface area contributed by atoms with E-state index in [0.29, 0.717) is 0 Å². The van der Waals surface area contributed by atoms with Gasteiger partial charge in [0.25, 0.3) is 0 Å². The molecule has 2 aliphatic heterocycles. The van der Waals surface area contributed by atoms with E-state index in [0.717, 1.165) is 10.5 Å². The molecule has 2 fully saturated rings. The largest absolute Gasteiger partial charge is 0.390 e. The summed E-state index contributed by atoms with van der Waals surface area (Å²) < 4.78 is 17.9. The monoisotopic (exact) mass is 385 g/mol. The van der Waals surface area contributed by atoms with Crippen molar-refractivity contribution in [2.45, 2.75) is 41.0 Å². The zero-order valence-electron chi connectivity index (χ0n) is 14.4. The number of nitrogens with zero attached hydrogens (tertiary/aromatic N) is 3. The van der Waals surface area contributed by atoms with Crippen LogP contribution in [0.4, 0.5) is 0 Å². The van der Waals surface area contributed by atoms with Gasteiger partial charge in [0.05, 0.1) is 12.7 Å². The van der Waals surface area contributed by atoms with Gasteiger partial charge in [-0.3, -0.25) is 0 Å². The molecule has 7 nitrogen and oxygen atoms in total. The summed E-state index contributed by atoms with van der Waals surface area (Å²) in [4.78, 5) is 3.87. The van der Waals surface area contributed by atoms with Crippen molar-refractivity contribution in [1.29, 1.82) is 0 Å². The molecule has 0 aromatic heterocycles. The first kappa shape index (κ1) is 18.3. The number of benzene rings is 2. The first-order valence-electron chi connectivity index (χ1n) is 8.68. The smallest absolute Gasteiger partial charge is 0.184 e. The van der Waals surface area contributed by atoms with E-state index >= 15 is 0 Å². The minimum Gasteiger partial charge on any atom is -0.390 e. The van der Waals surface area contributed by atoms with E-state index in [1.165, 1.54) is 11.8 Å². The first-order valence-corrected chi connectivity index (χ1v) is 9.55. The van der Waals surface area contributed by atoms with Crippen LogP contribution in [0.3, 0.4) is 0 Å². The van der Waals surface area contributed by atoms with E-state index in [1.54, 1.807) is 0 Å². The van der Waals surface area contributed by atoms with Crippen LogP contribution in [-0.2, 0) is 14.2 Å². The molecule has 1 N–H and O–H groups in total. The predicted octanol–water partition coefficient (Wildman–Crippen LogP) is 3.66. The molecule has 2 aromatic rings. The van der Waals surface area contributed by atoms with Gasteiger partial charge in [0.1, 0.15) is 23.7 Å². The molecule has 0 amide bonds. The molecule has 27 heavy (non-hydrogen) atoms. The van der Waals surface area contributed by atoms with Crippen molar-refractivity contribution >= 4 is 11.8 Å². The Hall–Kier alpha value is -2.06. The van der Waals surface area contributed by atoms with Crippen LogP contribution in [-0.4, -0.2) is 41.5 Å². The molecule has 2 heterocycles. The topological polar surface area (TPSA) is 96.7 Å². The fourth-order valence-electron chi connectivity index (χ4n) is 3.27. The lowest BCUT2D eigenvalue weighted by atomic mass is 9.97. The van der Waals surface area contributed by atoms with Crippen LogP contribution in [0.2, 0.25) is 0 Å². The third-order valence-corrected chi connectivity index (χ3v) is 5.75. The maximum Gasteiger partial charge on any atom is 0.184 e. The molecule has 6 atom stereocenters. The van der Waals surface area contributed by atoms with Gasteiger partial charge in [-0.25, -0.2) is 0 Å². The van der Waals surface area contributed by atoms with Crippen LogP contribution < -0.4 is 0 Å². The normalized spacial score (nSPS) is 32.9. The number of fused-ring (bicyclic) bond motifs is 1. The third-order valence-electron chi connectivity index (χ3n) is 4.59. The molecular formula is C19H19N3O4S. The molecule has 0 aliphatic carbocycles. The highest BCUT2D eigenvalue weighted by Gasteiger charge is 2.49. The Labute approximate surface area is 160 Å². The molecule has 0 saturated carbocycles. The predicted molar refractivity (Wildman–Crippen MR) is 99.9 cm³/mol. The molecule has 4 rings (SSSR count). The van der Waals surface area contributed by atoms with Crippen molar-refractivity contribution in [2.24, 2.45) is 5.11 Å². The first-order chi connectivity index (χ1) is 13.3. The van der Waals surface area contributed by atoms with Crippen molar-refractivity contribution in [1.82, 2.24) is 0 Å². The van der Waals surface area contributed by atoms with E-state index in [4.69, 9.17) is 19.7 Å². The van der Waals surface area contributed by atoms with Crippen molar-refractivity contribution in [3.05, 3.63) is 76.7 Å². The summed E-state index contributed by atoms with van der Waals surface area (Å²) >= 11 is 1.41. The molecule has 2 unspecified atom stereocenters. The number of ether oxygens (including phenoxy) is 3. The zero-order valence-corrected chi connectivity index (χ0v) is 15.2. The number of rotatable bonds is 4. The Bertz CT molecular complexity index is 803. The van der Waals surface area contributed by atoms with E-state index in [2.05, 4.69) is 10.0 Å². The molecule has 8 heteroatoms. The van der Waals surface area contributed by atoms with Gasteiger partial charge in [-0.1, -0.05) is 65.4 Å². The van der Waals surface area contributed by atoms with Gasteiger partial charge >= 0.3 is 0 Å². The van der Waals surface area contributed by atoms with Crippen molar-refractivity contribution in [3.8, 4) is 0 Å². The van der Waals surface area contributed by atoms with Crippen molar-refractivity contribution in [3.63, 3.8) is 0 Å². The summed E-state index contributed by atoms with van der Waals surface area (Å²) in [6.45, 7) is 0.288. The van der Waals surface area contributed by atoms with Gasteiger partial charge in [-0.05, 0) is 17.7 Å². The Morgan fingerprint density at radius 1 is 1.04 bits per heavy atom. The average Bonchev–Trinajstić information content (AvgIpc) is 2.72. The van der Waals surface area contributed by atoms with E-state index in [-0.39, 0.29) is 6.61 Å². The van der Waals surface area contributed by atoms with Gasteiger partial charge in [0, 0.05) is 15.4 Å². The van der Waals surface area contributed by atoms with Crippen LogP contribution in [0.5, 0.6) is 0 Å². The van der Waals surface area contributed by atoms with Crippen LogP contribution in [0, 0.1) is 0 Å². The second kappa shape index (κ2) is 8.31. The van der Waals surface area contributed by atoms with E-state index in [1.807, 2.05) is 60.7 Å². The molecule has 0 radical (unpaired) electrons. The summed E-state index contributed by atoms with van der Waals surface area (Å²) in [6, 6.07) is 18.4. The summed E-state index contributed by atoms with van der Waals surface area (Å²) in [5, 5.41) is 14.7. The fourth-order valence-corrected chi connectivity index (χ4v) is 4.41. The number of hydrogen-bond acceptors (Lipinski definition) is 6. The average molecular weight is 385 g/mol. The van der Waals surface area contributed by atoms with Crippen molar-refractivity contribution < 1.29 is 19.3 Å². The van der Waals surface area contributed by atoms with Gasteiger partial charge in [-0.2, -0.15) is 0 Å². The summed E-state index contributed by atoms with van der Waals surface area (Å²) in [6.07, 6.45) is -2.65. The minimum absolute atomic E-state index is 0.288. The molecule has 140 valence electrons. The quantitative estimate of drug-likeness (QED) is 0.492. The summed E-state index contributed by atoms with van der Waals surface area (Å²) in [5.74, 6) is 0. The summed E-state index contributed by atoms with van der Waals surface area (Å²) in [5.41, 5.74) is 9.30. The number of thioether (sulfide) groups is 1. The highest BCUT2D eigenvalue weighted by molar-refractivity contribution is 7.99. The Kier molecular flexibility index (Phi) is 5.63. The maximum absolute atomic E-state index is 10.9. The van der Waals surface area contributed by atoms with Crippen LogP contribution in [0.15, 0.2) is 70.7 Å². The lowest BCUT2D eigenvalue weighted by Gasteiger charge is -2.46. The molecule has 2 aromatic carbocycles. The van der Waals surface area contributed by atoms with Crippen LogP contribution in [0.1, 0.15) is 11.9 Å². The van der Waals surface area contributed by atoms with Crippen molar-refractivity contribution in [2.75, 3.05) is 6.61 Å². The van der Waals surface area contributed by atoms with E-state index < -0.39 is 36.1 Å². The maximum atomic E-state index is 10.9. The third kappa shape index (κ3) is 3.96. The molecular weight excluding hydrogens is 366 g/mol. The van der Waals surface area contributed by atoms with E-state index in [9.17, 15) is 5.11 Å². The van der Waals surface area contributed by atoms with Gasteiger partial charge < -0.3 is 19.3 Å². The molecule has 0 spiro atoms. The second-order valence-corrected chi connectivity index (χ2v) is 7.51. The van der Waals surface area contributed by atoms with Gasteiger partial charge in [0.2, 0.25) is 0 Å². The number of aliphatic hydroxyl groups excluding tert-OH is 1. The SMILES string of the molecule is [N-]=[N+]=N[C@H]1C(Sc2ccccc2)O[C@@H]2COC(c3ccccc3)O[C@H]2[C@@H]1O. The fraction of sp³-hybridized carbons (Fsp3) is 0.368. The van der Waals surface area contributed by atoms with Gasteiger partial charge in [-0.15, -0.1) is 0 Å². The zero-order chi connectivity index (χ0) is 18.6. The number of aliphatic hydroxyl groups is 1. The Morgan fingerprint density at radius 3 is 2.44 bits per heavy atom. The standard InChI is InChI=1S/C19H19N3O4S/c20-22-21-15-16(23)17-14(25-19(15)27-13-9-5-2-6-10-13)11-24-18(26-17)12-7-3-1-4-8-12/h1-10,14-19,23H,11H2/t14-,15-,16-,17-,18?,19?/m1/s1. The number of hydrogen-bond donors (Lipinski definition) is 1. The Balaban J connectivity index is 1.53. The highest BCUT2D eigenvalue weighted by Crippen LogP contribution is 2.39. The lowest BCUT2D eigenvalue weighted by Crippen LogP contribution is -2.60. The second-order valence-electron chi connectivity index (χ2n) is 6.34. The van der Waals surface area contributed by atoms with Crippen LogP contribution >= 0.6 is 11.8 Å². The molecule has 2 aliphatic rings. The minimum atomic E-state index is -0.990. The number of azide groups is 1. The lowest BCUT2D eigenvalue weighted by molar-refractivity contribution is -0.305. The van der Waals surface area contributed by atoms with Gasteiger partial charge in [0.15, 0.2) is 6.29 Å². The molecule has 2 saturated heterocycles. The van der Waals surface area contributed by atoms with Crippen LogP contribution in [0.25, 0.3) is 10.4 Å². The summed E-state index contributed by atoms with van der Waals surface area (Å²) in [7, 11) is 0. The molecule has 0 bridgehead atoms. The highest BCUT2D eigenvalue weighted by atomic mass is 32.2.